The fraction of sp³-hybridized carbons (Fsp3) is 0.154. The summed E-state index contributed by atoms with van der Waals surface area (Å²) < 4.78 is 31.2. The number of ether oxygens (including phenoxy) is 1. The predicted molar refractivity (Wildman–Crippen MR) is 74.3 cm³/mol. The van der Waals surface area contributed by atoms with Crippen molar-refractivity contribution >= 4 is 16.0 Å². The second-order valence-corrected chi connectivity index (χ2v) is 5.98. The molecule has 7 nitrogen and oxygen atoms in total. The standard InChI is InChI=1S/C13H14N2O5S/c1-20-13(17)11-6-10(2-3-12(11)16)21(18,19)15-8-9-4-5-14-7-9/h2-7,14-16H,8H2,1H3. The van der Waals surface area contributed by atoms with Gasteiger partial charge in [-0.3, -0.25) is 0 Å². The number of aromatic hydroxyl groups is 1. The number of carbonyl (C=O) groups excluding carboxylic acids is 1. The van der Waals surface area contributed by atoms with Crippen LogP contribution in [0.5, 0.6) is 5.75 Å². The first kappa shape index (κ1) is 15.1. The van der Waals surface area contributed by atoms with Gasteiger partial charge in [0.15, 0.2) is 0 Å². The lowest BCUT2D eigenvalue weighted by atomic mass is 10.2. The number of phenolic OH excluding ortho intramolecular Hbond substituents is 1. The number of hydrogen-bond acceptors (Lipinski definition) is 5. The predicted octanol–water partition coefficient (Wildman–Crippen LogP) is 0.985. The summed E-state index contributed by atoms with van der Waals surface area (Å²) in [6.07, 6.45) is 3.35. The first-order valence-electron chi connectivity index (χ1n) is 5.96. The van der Waals surface area contributed by atoms with Crippen molar-refractivity contribution < 1.29 is 23.1 Å². The van der Waals surface area contributed by atoms with Crippen molar-refractivity contribution in [3.05, 3.63) is 47.8 Å². The largest absolute Gasteiger partial charge is 0.507 e. The summed E-state index contributed by atoms with van der Waals surface area (Å²) in [7, 11) is -2.65. The van der Waals surface area contributed by atoms with Gasteiger partial charge in [0.25, 0.3) is 0 Å². The number of carbonyl (C=O) groups is 1. The van der Waals surface area contributed by atoms with Crippen LogP contribution in [0.2, 0.25) is 0 Å². The van der Waals surface area contributed by atoms with Crippen LogP contribution in [-0.4, -0.2) is 31.6 Å². The first-order chi connectivity index (χ1) is 9.94. The van der Waals surface area contributed by atoms with Gasteiger partial charge in [0.1, 0.15) is 11.3 Å². The van der Waals surface area contributed by atoms with E-state index in [2.05, 4.69) is 14.4 Å². The molecule has 2 rings (SSSR count). The number of hydrogen-bond donors (Lipinski definition) is 3. The number of esters is 1. The number of nitrogens with one attached hydrogen (secondary N) is 2. The van der Waals surface area contributed by atoms with Gasteiger partial charge < -0.3 is 14.8 Å². The van der Waals surface area contributed by atoms with Gasteiger partial charge in [0, 0.05) is 18.9 Å². The lowest BCUT2D eigenvalue weighted by Crippen LogP contribution is -2.23. The molecule has 0 aliphatic heterocycles. The van der Waals surface area contributed by atoms with Crippen molar-refractivity contribution in [2.24, 2.45) is 0 Å². The SMILES string of the molecule is COC(=O)c1cc(S(=O)(=O)NCc2cc[nH]c2)ccc1O. The molecule has 3 N–H and O–H groups in total. The van der Waals surface area contributed by atoms with Crippen LogP contribution in [0.1, 0.15) is 15.9 Å². The van der Waals surface area contributed by atoms with Crippen LogP contribution in [0, 0.1) is 0 Å². The topological polar surface area (TPSA) is 108 Å². The van der Waals surface area contributed by atoms with Gasteiger partial charge in [-0.25, -0.2) is 17.9 Å². The average molecular weight is 310 g/mol. The van der Waals surface area contributed by atoms with Crippen molar-refractivity contribution in [2.75, 3.05) is 7.11 Å². The summed E-state index contributed by atoms with van der Waals surface area (Å²) in [6, 6.07) is 5.15. The summed E-state index contributed by atoms with van der Waals surface area (Å²) in [4.78, 5) is 14.1. The molecule has 1 aromatic heterocycles. The zero-order valence-electron chi connectivity index (χ0n) is 11.2. The van der Waals surface area contributed by atoms with Gasteiger partial charge in [-0.2, -0.15) is 0 Å². The van der Waals surface area contributed by atoms with Crippen LogP contribution < -0.4 is 4.72 Å². The molecule has 1 heterocycles. The van der Waals surface area contributed by atoms with Crippen LogP contribution in [0.15, 0.2) is 41.6 Å². The van der Waals surface area contributed by atoms with Gasteiger partial charge >= 0.3 is 5.97 Å². The third-order valence-electron chi connectivity index (χ3n) is 2.81. The van der Waals surface area contributed by atoms with Crippen LogP contribution in [0.25, 0.3) is 0 Å². The van der Waals surface area contributed by atoms with Crippen molar-refractivity contribution in [3.63, 3.8) is 0 Å². The molecular weight excluding hydrogens is 296 g/mol. The maximum absolute atomic E-state index is 12.1. The maximum Gasteiger partial charge on any atom is 0.341 e. The monoisotopic (exact) mass is 310 g/mol. The first-order valence-corrected chi connectivity index (χ1v) is 7.45. The highest BCUT2D eigenvalue weighted by atomic mass is 32.2. The molecule has 0 saturated heterocycles. The van der Waals surface area contributed by atoms with E-state index in [0.29, 0.717) is 0 Å². The Balaban J connectivity index is 2.25. The number of methoxy groups -OCH3 is 1. The second-order valence-electron chi connectivity index (χ2n) is 4.21. The van der Waals surface area contributed by atoms with Crippen LogP contribution >= 0.6 is 0 Å². The fourth-order valence-electron chi connectivity index (χ4n) is 1.69. The third kappa shape index (κ3) is 3.41. The molecule has 0 amide bonds. The Hall–Kier alpha value is -2.32. The van der Waals surface area contributed by atoms with Crippen molar-refractivity contribution in [1.82, 2.24) is 9.71 Å². The fourth-order valence-corrected chi connectivity index (χ4v) is 2.73. The van der Waals surface area contributed by atoms with Gasteiger partial charge in [0.2, 0.25) is 10.0 Å². The zero-order valence-corrected chi connectivity index (χ0v) is 12.0. The Morgan fingerprint density at radius 1 is 1.38 bits per heavy atom. The minimum Gasteiger partial charge on any atom is -0.507 e. The Kier molecular flexibility index (Phi) is 4.29. The van der Waals surface area contributed by atoms with E-state index in [1.807, 2.05) is 0 Å². The Morgan fingerprint density at radius 3 is 2.76 bits per heavy atom. The third-order valence-corrected chi connectivity index (χ3v) is 4.21. The molecule has 0 aliphatic carbocycles. The van der Waals surface area contributed by atoms with Gasteiger partial charge in [-0.15, -0.1) is 0 Å². The van der Waals surface area contributed by atoms with E-state index in [4.69, 9.17) is 0 Å². The summed E-state index contributed by atoms with van der Waals surface area (Å²) in [6.45, 7) is 0.111. The van der Waals surface area contributed by atoms with Crippen molar-refractivity contribution in [2.45, 2.75) is 11.4 Å². The van der Waals surface area contributed by atoms with E-state index < -0.39 is 16.0 Å². The van der Waals surface area contributed by atoms with Crippen molar-refractivity contribution in [3.8, 4) is 5.75 Å². The molecule has 0 fully saturated rings. The lowest BCUT2D eigenvalue weighted by Gasteiger charge is -2.08. The Labute approximate surface area is 121 Å². The summed E-state index contributed by atoms with van der Waals surface area (Å²) in [5.41, 5.74) is 0.563. The molecular formula is C13H14N2O5S. The second kappa shape index (κ2) is 5.98. The van der Waals surface area contributed by atoms with Crippen LogP contribution in [0.3, 0.4) is 0 Å². The highest BCUT2D eigenvalue weighted by Gasteiger charge is 2.19. The molecule has 112 valence electrons. The lowest BCUT2D eigenvalue weighted by molar-refractivity contribution is 0.0597. The number of benzene rings is 1. The average Bonchev–Trinajstić information content (AvgIpc) is 2.98. The normalized spacial score (nSPS) is 11.3. The van der Waals surface area contributed by atoms with Gasteiger partial charge in [-0.1, -0.05) is 0 Å². The quantitative estimate of drug-likeness (QED) is 0.714. The maximum atomic E-state index is 12.1. The minimum absolute atomic E-state index is 0.111. The van der Waals surface area contributed by atoms with Crippen LogP contribution in [0.4, 0.5) is 0 Å². The van der Waals surface area contributed by atoms with E-state index in [-0.39, 0.29) is 22.8 Å². The molecule has 0 atom stereocenters. The van der Waals surface area contributed by atoms with E-state index in [9.17, 15) is 18.3 Å². The molecule has 0 bridgehead atoms. The van der Waals surface area contributed by atoms with E-state index >= 15 is 0 Å². The van der Waals surface area contributed by atoms with Crippen molar-refractivity contribution in [1.29, 1.82) is 0 Å². The smallest absolute Gasteiger partial charge is 0.341 e. The molecule has 0 spiro atoms. The highest BCUT2D eigenvalue weighted by molar-refractivity contribution is 7.89. The van der Waals surface area contributed by atoms with E-state index in [0.717, 1.165) is 24.8 Å². The molecule has 0 aliphatic rings. The number of aromatic amines is 1. The Morgan fingerprint density at radius 2 is 2.14 bits per heavy atom. The molecule has 2 aromatic rings. The molecule has 0 radical (unpaired) electrons. The summed E-state index contributed by atoms with van der Waals surface area (Å²) >= 11 is 0. The number of aromatic nitrogens is 1. The molecule has 8 heteroatoms. The van der Waals surface area contributed by atoms with E-state index in [1.165, 1.54) is 6.07 Å². The van der Waals surface area contributed by atoms with Crippen LogP contribution in [-0.2, 0) is 21.3 Å². The molecule has 21 heavy (non-hydrogen) atoms. The minimum atomic E-state index is -3.80. The van der Waals surface area contributed by atoms with E-state index in [1.54, 1.807) is 18.5 Å². The molecule has 0 unspecified atom stereocenters. The summed E-state index contributed by atoms with van der Waals surface area (Å²) in [5.74, 6) is -1.15. The summed E-state index contributed by atoms with van der Waals surface area (Å²) in [5, 5.41) is 9.56. The zero-order chi connectivity index (χ0) is 15.5. The molecule has 1 aromatic carbocycles. The highest BCUT2D eigenvalue weighted by Crippen LogP contribution is 2.22. The number of sulfonamides is 1. The number of rotatable bonds is 5. The Bertz CT molecular complexity index is 738. The molecule has 0 saturated carbocycles. The van der Waals surface area contributed by atoms with Gasteiger partial charge in [-0.05, 0) is 29.8 Å². The van der Waals surface area contributed by atoms with Gasteiger partial charge in [0.05, 0.1) is 12.0 Å². The number of phenols is 1. The number of H-pyrrole nitrogens is 1.